The first-order chi connectivity index (χ1) is 11.8. The van der Waals surface area contributed by atoms with Gasteiger partial charge in [-0.2, -0.15) is 4.72 Å². The van der Waals surface area contributed by atoms with E-state index >= 15 is 0 Å². The molecule has 1 aliphatic heterocycles. The molecule has 0 aromatic heterocycles. The maximum Gasteiger partial charge on any atom is 0.245 e. The van der Waals surface area contributed by atoms with E-state index in [9.17, 15) is 17.6 Å². The van der Waals surface area contributed by atoms with Crippen molar-refractivity contribution in [1.82, 2.24) is 4.72 Å². The molecule has 7 heteroatoms. The van der Waals surface area contributed by atoms with Crippen molar-refractivity contribution in [3.63, 3.8) is 0 Å². The SMILES string of the molecule is Cc1ccc(N2CCC(NS(=O)(=O)c3ccccc3F)C2=O)cc1C. The highest BCUT2D eigenvalue weighted by atomic mass is 32.2. The number of carbonyl (C=O) groups is 1. The van der Waals surface area contributed by atoms with Crippen molar-refractivity contribution in [3.05, 3.63) is 59.4 Å². The first-order valence-electron chi connectivity index (χ1n) is 7.95. The lowest BCUT2D eigenvalue weighted by Gasteiger charge is -2.18. The van der Waals surface area contributed by atoms with Crippen molar-refractivity contribution in [2.24, 2.45) is 0 Å². The van der Waals surface area contributed by atoms with Gasteiger partial charge in [0.15, 0.2) is 0 Å². The van der Waals surface area contributed by atoms with Crippen LogP contribution in [0.3, 0.4) is 0 Å². The Balaban J connectivity index is 1.80. The van der Waals surface area contributed by atoms with Gasteiger partial charge in [0, 0.05) is 12.2 Å². The summed E-state index contributed by atoms with van der Waals surface area (Å²) >= 11 is 0. The molecule has 1 aliphatic rings. The molecule has 0 saturated carbocycles. The van der Waals surface area contributed by atoms with Crippen LogP contribution in [0.15, 0.2) is 47.4 Å². The third-order valence-electron chi connectivity index (χ3n) is 4.43. The Hall–Kier alpha value is -2.25. The molecule has 1 N–H and O–H groups in total. The van der Waals surface area contributed by atoms with Crippen molar-refractivity contribution in [2.75, 3.05) is 11.4 Å². The van der Waals surface area contributed by atoms with Crippen LogP contribution in [0, 0.1) is 19.7 Å². The molecule has 1 heterocycles. The first-order valence-corrected chi connectivity index (χ1v) is 9.43. The topological polar surface area (TPSA) is 66.5 Å². The number of hydrogen-bond acceptors (Lipinski definition) is 3. The summed E-state index contributed by atoms with van der Waals surface area (Å²) in [5, 5.41) is 0. The largest absolute Gasteiger partial charge is 0.311 e. The molecule has 1 fully saturated rings. The number of hydrogen-bond donors (Lipinski definition) is 1. The zero-order chi connectivity index (χ0) is 18.2. The molecule has 5 nitrogen and oxygen atoms in total. The molecule has 1 atom stereocenters. The van der Waals surface area contributed by atoms with E-state index in [-0.39, 0.29) is 5.91 Å². The number of carbonyl (C=O) groups excluding carboxylic acids is 1. The highest BCUT2D eigenvalue weighted by Crippen LogP contribution is 2.25. The van der Waals surface area contributed by atoms with Crippen LogP contribution in [-0.2, 0) is 14.8 Å². The highest BCUT2D eigenvalue weighted by molar-refractivity contribution is 7.89. The Morgan fingerprint density at radius 3 is 2.52 bits per heavy atom. The summed E-state index contributed by atoms with van der Waals surface area (Å²) in [6.07, 6.45) is 0.333. The van der Waals surface area contributed by atoms with E-state index in [0.717, 1.165) is 22.9 Å². The molecule has 1 amide bonds. The molecule has 1 unspecified atom stereocenters. The van der Waals surface area contributed by atoms with Gasteiger partial charge in [0.05, 0.1) is 0 Å². The Morgan fingerprint density at radius 2 is 1.84 bits per heavy atom. The molecular weight excluding hydrogens is 343 g/mol. The minimum atomic E-state index is -4.10. The van der Waals surface area contributed by atoms with E-state index in [1.807, 2.05) is 32.0 Å². The molecule has 0 bridgehead atoms. The van der Waals surface area contributed by atoms with Gasteiger partial charge >= 0.3 is 0 Å². The number of aryl methyl sites for hydroxylation is 2. The van der Waals surface area contributed by atoms with E-state index in [2.05, 4.69) is 4.72 Å². The lowest BCUT2D eigenvalue weighted by atomic mass is 10.1. The summed E-state index contributed by atoms with van der Waals surface area (Å²) in [5.74, 6) is -1.17. The lowest BCUT2D eigenvalue weighted by Crippen LogP contribution is -2.41. The average molecular weight is 362 g/mol. The van der Waals surface area contributed by atoms with Crippen molar-refractivity contribution >= 4 is 21.6 Å². The van der Waals surface area contributed by atoms with Crippen LogP contribution in [0.5, 0.6) is 0 Å². The number of anilines is 1. The third kappa shape index (κ3) is 3.43. The smallest absolute Gasteiger partial charge is 0.245 e. The fourth-order valence-electron chi connectivity index (χ4n) is 2.85. The molecule has 25 heavy (non-hydrogen) atoms. The number of nitrogens with zero attached hydrogens (tertiary/aromatic N) is 1. The molecule has 2 aromatic rings. The Labute approximate surface area is 146 Å². The Morgan fingerprint density at radius 1 is 1.12 bits per heavy atom. The predicted octanol–water partition coefficient (Wildman–Crippen LogP) is 2.53. The van der Waals surface area contributed by atoms with Gasteiger partial charge in [0.25, 0.3) is 0 Å². The van der Waals surface area contributed by atoms with E-state index in [1.54, 1.807) is 4.90 Å². The Bertz CT molecular complexity index is 928. The monoisotopic (exact) mass is 362 g/mol. The maximum absolute atomic E-state index is 13.8. The summed E-state index contributed by atoms with van der Waals surface area (Å²) in [4.78, 5) is 13.7. The zero-order valence-electron chi connectivity index (χ0n) is 14.0. The molecule has 0 aliphatic carbocycles. The maximum atomic E-state index is 13.8. The van der Waals surface area contributed by atoms with Crippen LogP contribution in [-0.4, -0.2) is 26.9 Å². The fourth-order valence-corrected chi connectivity index (χ4v) is 4.16. The summed E-state index contributed by atoms with van der Waals surface area (Å²) in [7, 11) is -4.10. The summed E-state index contributed by atoms with van der Waals surface area (Å²) in [6.45, 7) is 4.35. The molecule has 3 rings (SSSR count). The second kappa shape index (κ2) is 6.57. The quantitative estimate of drug-likeness (QED) is 0.909. The van der Waals surface area contributed by atoms with Crippen LogP contribution in [0.25, 0.3) is 0 Å². The van der Waals surface area contributed by atoms with Crippen molar-refractivity contribution in [3.8, 4) is 0 Å². The average Bonchev–Trinajstić information content (AvgIpc) is 2.91. The highest BCUT2D eigenvalue weighted by Gasteiger charge is 2.36. The number of benzene rings is 2. The molecule has 2 aromatic carbocycles. The molecule has 132 valence electrons. The van der Waals surface area contributed by atoms with Crippen LogP contribution in [0.2, 0.25) is 0 Å². The van der Waals surface area contributed by atoms with Gasteiger partial charge in [0.1, 0.15) is 16.8 Å². The van der Waals surface area contributed by atoms with E-state index in [0.29, 0.717) is 13.0 Å². The van der Waals surface area contributed by atoms with Gasteiger partial charge in [-0.05, 0) is 55.7 Å². The second-order valence-electron chi connectivity index (χ2n) is 6.15. The zero-order valence-corrected chi connectivity index (χ0v) is 14.8. The number of amides is 1. The van der Waals surface area contributed by atoms with Gasteiger partial charge in [0.2, 0.25) is 15.9 Å². The molecule has 0 spiro atoms. The minimum absolute atomic E-state index is 0.330. The summed E-state index contributed by atoms with van der Waals surface area (Å²) in [5.41, 5.74) is 2.91. The van der Waals surface area contributed by atoms with Crippen molar-refractivity contribution in [2.45, 2.75) is 31.2 Å². The van der Waals surface area contributed by atoms with Crippen LogP contribution in [0.4, 0.5) is 10.1 Å². The van der Waals surface area contributed by atoms with E-state index in [4.69, 9.17) is 0 Å². The van der Waals surface area contributed by atoms with Crippen LogP contribution in [0.1, 0.15) is 17.5 Å². The third-order valence-corrected chi connectivity index (χ3v) is 5.94. The molecule has 1 saturated heterocycles. The van der Waals surface area contributed by atoms with Crippen molar-refractivity contribution in [1.29, 1.82) is 0 Å². The van der Waals surface area contributed by atoms with E-state index in [1.165, 1.54) is 18.2 Å². The van der Waals surface area contributed by atoms with Gasteiger partial charge in [-0.15, -0.1) is 0 Å². The van der Waals surface area contributed by atoms with Crippen LogP contribution < -0.4 is 9.62 Å². The van der Waals surface area contributed by atoms with E-state index < -0.39 is 26.8 Å². The van der Waals surface area contributed by atoms with Gasteiger partial charge in [-0.1, -0.05) is 18.2 Å². The molecule has 0 radical (unpaired) electrons. The number of halogens is 1. The Kier molecular flexibility index (Phi) is 4.62. The predicted molar refractivity (Wildman–Crippen MR) is 93.4 cm³/mol. The molecular formula is C18H19FN2O3S. The number of rotatable bonds is 4. The summed E-state index contributed by atoms with van der Waals surface area (Å²) < 4.78 is 40.8. The summed E-state index contributed by atoms with van der Waals surface area (Å²) in [6, 6.07) is 9.88. The first kappa shape index (κ1) is 17.6. The normalized spacial score (nSPS) is 18.0. The number of sulfonamides is 1. The lowest BCUT2D eigenvalue weighted by molar-refractivity contribution is -0.118. The minimum Gasteiger partial charge on any atom is -0.311 e. The van der Waals surface area contributed by atoms with Gasteiger partial charge < -0.3 is 4.90 Å². The fraction of sp³-hybridized carbons (Fsp3) is 0.278. The van der Waals surface area contributed by atoms with Crippen LogP contribution >= 0.6 is 0 Å². The number of nitrogens with one attached hydrogen (secondary N) is 1. The standard InChI is InChI=1S/C18H19FN2O3S/c1-12-7-8-14(11-13(12)2)21-10-9-16(18(21)22)20-25(23,24)17-6-4-3-5-15(17)19/h3-8,11,16,20H,9-10H2,1-2H3. The second-order valence-corrected chi connectivity index (χ2v) is 7.83. The van der Waals surface area contributed by atoms with Gasteiger partial charge in [-0.25, -0.2) is 12.8 Å². The van der Waals surface area contributed by atoms with Crippen molar-refractivity contribution < 1.29 is 17.6 Å². The van der Waals surface area contributed by atoms with Gasteiger partial charge in [-0.3, -0.25) is 4.79 Å².